The number of anilines is 1. The number of benzene rings is 2. The van der Waals surface area contributed by atoms with Crippen LogP contribution >= 0.6 is 11.6 Å². The molecule has 3 nitrogen and oxygen atoms in total. The zero-order valence-electron chi connectivity index (χ0n) is 10.3. The zero-order valence-corrected chi connectivity index (χ0v) is 11.0. The lowest BCUT2D eigenvalue weighted by atomic mass is 10.1. The molecule has 0 bridgehead atoms. The highest BCUT2D eigenvalue weighted by atomic mass is 35.5. The van der Waals surface area contributed by atoms with E-state index in [-0.39, 0.29) is 6.42 Å². The van der Waals surface area contributed by atoms with Crippen LogP contribution in [-0.4, -0.2) is 11.1 Å². The molecule has 0 atom stereocenters. The first-order valence-electron chi connectivity index (χ1n) is 5.92. The van der Waals surface area contributed by atoms with Crippen LogP contribution in [0.2, 0.25) is 5.02 Å². The molecule has 98 valence electrons. The molecule has 0 spiro atoms. The third-order valence-electron chi connectivity index (χ3n) is 2.72. The highest BCUT2D eigenvalue weighted by Crippen LogP contribution is 2.14. The van der Waals surface area contributed by atoms with Crippen molar-refractivity contribution < 1.29 is 9.90 Å². The van der Waals surface area contributed by atoms with Gasteiger partial charge < -0.3 is 10.4 Å². The Morgan fingerprint density at radius 2 is 1.58 bits per heavy atom. The number of hydrogen-bond acceptors (Lipinski definition) is 2. The van der Waals surface area contributed by atoms with Crippen LogP contribution in [0.5, 0.6) is 0 Å². The molecule has 2 aromatic rings. The minimum atomic E-state index is -0.813. The summed E-state index contributed by atoms with van der Waals surface area (Å²) in [4.78, 5) is 10.6. The molecule has 0 aliphatic heterocycles. The van der Waals surface area contributed by atoms with Crippen LogP contribution in [0.3, 0.4) is 0 Å². The molecule has 2 N–H and O–H groups in total. The van der Waals surface area contributed by atoms with Crippen LogP contribution in [0.25, 0.3) is 0 Å². The molecule has 0 saturated heterocycles. The first kappa shape index (κ1) is 13.4. The molecule has 0 radical (unpaired) electrons. The summed E-state index contributed by atoms with van der Waals surface area (Å²) in [5.41, 5.74) is 2.91. The maximum atomic E-state index is 10.6. The van der Waals surface area contributed by atoms with Gasteiger partial charge in [0.25, 0.3) is 0 Å². The van der Waals surface area contributed by atoms with Crippen LogP contribution < -0.4 is 5.32 Å². The van der Waals surface area contributed by atoms with E-state index in [0.29, 0.717) is 11.6 Å². The van der Waals surface area contributed by atoms with Gasteiger partial charge in [-0.25, -0.2) is 0 Å². The van der Waals surface area contributed by atoms with Crippen molar-refractivity contribution in [3.8, 4) is 0 Å². The monoisotopic (exact) mass is 275 g/mol. The van der Waals surface area contributed by atoms with E-state index in [1.165, 1.54) is 0 Å². The van der Waals surface area contributed by atoms with Crippen molar-refractivity contribution in [2.24, 2.45) is 0 Å². The van der Waals surface area contributed by atoms with Gasteiger partial charge in [-0.1, -0.05) is 35.9 Å². The smallest absolute Gasteiger partial charge is 0.307 e. The molecular formula is C15H14ClNO2. The van der Waals surface area contributed by atoms with Gasteiger partial charge in [-0.15, -0.1) is 0 Å². The molecule has 0 unspecified atom stereocenters. The third-order valence-corrected chi connectivity index (χ3v) is 2.97. The Bertz CT molecular complexity index is 549. The zero-order chi connectivity index (χ0) is 13.7. The van der Waals surface area contributed by atoms with Gasteiger partial charge in [-0.05, 0) is 35.4 Å². The number of carbonyl (C=O) groups is 1. The Hall–Kier alpha value is -2.00. The fraction of sp³-hybridized carbons (Fsp3) is 0.133. The molecule has 2 rings (SSSR count). The summed E-state index contributed by atoms with van der Waals surface area (Å²) < 4.78 is 0. The molecule has 0 amide bonds. The second-order valence-corrected chi connectivity index (χ2v) is 4.68. The minimum absolute atomic E-state index is 0.0604. The maximum absolute atomic E-state index is 10.6. The van der Waals surface area contributed by atoms with Gasteiger partial charge in [0.1, 0.15) is 0 Å². The average Bonchev–Trinajstić information content (AvgIpc) is 2.39. The highest BCUT2D eigenvalue weighted by molar-refractivity contribution is 6.30. The summed E-state index contributed by atoms with van der Waals surface area (Å²) >= 11 is 5.81. The SMILES string of the molecule is O=C(O)Cc1ccc(CNc2ccc(Cl)cc2)cc1. The fourth-order valence-electron chi connectivity index (χ4n) is 1.72. The molecule has 0 aliphatic rings. The summed E-state index contributed by atoms with van der Waals surface area (Å²) in [6.07, 6.45) is 0.0604. The van der Waals surface area contributed by atoms with Crippen LogP contribution in [0.15, 0.2) is 48.5 Å². The summed E-state index contributed by atoms with van der Waals surface area (Å²) in [6, 6.07) is 15.0. The van der Waals surface area contributed by atoms with E-state index < -0.39 is 5.97 Å². The first-order chi connectivity index (χ1) is 9.13. The summed E-state index contributed by atoms with van der Waals surface area (Å²) in [5.74, 6) is -0.813. The van der Waals surface area contributed by atoms with Crippen LogP contribution in [-0.2, 0) is 17.8 Å². The second-order valence-electron chi connectivity index (χ2n) is 4.25. The lowest BCUT2D eigenvalue weighted by molar-refractivity contribution is -0.136. The van der Waals surface area contributed by atoms with Crippen LogP contribution in [0.4, 0.5) is 5.69 Å². The largest absolute Gasteiger partial charge is 0.481 e. The van der Waals surface area contributed by atoms with Crippen molar-refractivity contribution in [2.75, 3.05) is 5.32 Å². The quantitative estimate of drug-likeness (QED) is 0.877. The number of carboxylic acids is 1. The van der Waals surface area contributed by atoms with Crippen LogP contribution in [0, 0.1) is 0 Å². The molecule has 19 heavy (non-hydrogen) atoms. The Morgan fingerprint density at radius 1 is 1.00 bits per heavy atom. The normalized spacial score (nSPS) is 10.2. The predicted molar refractivity (Wildman–Crippen MR) is 76.6 cm³/mol. The molecule has 0 aromatic heterocycles. The Labute approximate surface area is 116 Å². The molecule has 4 heteroatoms. The molecular weight excluding hydrogens is 262 g/mol. The summed E-state index contributed by atoms with van der Waals surface area (Å²) in [6.45, 7) is 0.689. The van der Waals surface area contributed by atoms with Gasteiger partial charge >= 0.3 is 5.97 Å². The van der Waals surface area contributed by atoms with Gasteiger partial charge in [-0.2, -0.15) is 0 Å². The number of hydrogen-bond donors (Lipinski definition) is 2. The molecule has 0 saturated carbocycles. The third kappa shape index (κ3) is 4.30. The predicted octanol–water partition coefficient (Wildman–Crippen LogP) is 3.58. The fourth-order valence-corrected chi connectivity index (χ4v) is 1.85. The van der Waals surface area contributed by atoms with Crippen molar-refractivity contribution in [3.05, 3.63) is 64.7 Å². The van der Waals surface area contributed by atoms with E-state index >= 15 is 0 Å². The summed E-state index contributed by atoms with van der Waals surface area (Å²) in [5, 5.41) is 12.7. The van der Waals surface area contributed by atoms with Gasteiger partial charge in [0.05, 0.1) is 6.42 Å². The Balaban J connectivity index is 1.92. The van der Waals surface area contributed by atoms with Crippen molar-refractivity contribution >= 4 is 23.3 Å². The average molecular weight is 276 g/mol. The van der Waals surface area contributed by atoms with Crippen molar-refractivity contribution in [1.29, 1.82) is 0 Å². The molecule has 0 heterocycles. The number of halogens is 1. The van der Waals surface area contributed by atoms with E-state index in [1.54, 1.807) is 0 Å². The van der Waals surface area contributed by atoms with E-state index in [4.69, 9.17) is 16.7 Å². The highest BCUT2D eigenvalue weighted by Gasteiger charge is 2.00. The summed E-state index contributed by atoms with van der Waals surface area (Å²) in [7, 11) is 0. The van der Waals surface area contributed by atoms with Crippen molar-refractivity contribution in [3.63, 3.8) is 0 Å². The molecule has 0 fully saturated rings. The van der Waals surface area contributed by atoms with Crippen LogP contribution in [0.1, 0.15) is 11.1 Å². The van der Waals surface area contributed by atoms with Gasteiger partial charge in [-0.3, -0.25) is 4.79 Å². The number of carboxylic acid groups (broad SMARTS) is 1. The minimum Gasteiger partial charge on any atom is -0.481 e. The van der Waals surface area contributed by atoms with Crippen molar-refractivity contribution in [1.82, 2.24) is 0 Å². The van der Waals surface area contributed by atoms with E-state index in [9.17, 15) is 4.79 Å². The number of rotatable bonds is 5. The lowest BCUT2D eigenvalue weighted by Crippen LogP contribution is -2.02. The topological polar surface area (TPSA) is 49.3 Å². The number of aliphatic carboxylic acids is 1. The molecule has 2 aromatic carbocycles. The number of nitrogens with one attached hydrogen (secondary N) is 1. The Morgan fingerprint density at radius 3 is 2.16 bits per heavy atom. The van der Waals surface area contributed by atoms with E-state index in [2.05, 4.69) is 5.32 Å². The standard InChI is InChI=1S/C15H14ClNO2/c16-13-5-7-14(8-6-13)17-10-12-3-1-11(2-4-12)9-15(18)19/h1-8,17H,9-10H2,(H,18,19). The van der Waals surface area contributed by atoms with Gasteiger partial charge in [0.2, 0.25) is 0 Å². The van der Waals surface area contributed by atoms with Gasteiger partial charge in [0, 0.05) is 17.3 Å². The molecule has 0 aliphatic carbocycles. The first-order valence-corrected chi connectivity index (χ1v) is 6.30. The van der Waals surface area contributed by atoms with E-state index in [0.717, 1.165) is 16.8 Å². The van der Waals surface area contributed by atoms with Crippen molar-refractivity contribution in [2.45, 2.75) is 13.0 Å². The lowest BCUT2D eigenvalue weighted by Gasteiger charge is -2.07. The maximum Gasteiger partial charge on any atom is 0.307 e. The van der Waals surface area contributed by atoms with Gasteiger partial charge in [0.15, 0.2) is 0 Å². The Kier molecular flexibility index (Phi) is 4.42. The second kappa shape index (κ2) is 6.25. The van der Waals surface area contributed by atoms with E-state index in [1.807, 2.05) is 48.5 Å².